The van der Waals surface area contributed by atoms with Crippen LogP contribution in [0.5, 0.6) is 0 Å². The average Bonchev–Trinajstić information content (AvgIpc) is 2.80. The number of allylic oxidation sites excluding steroid dienone is 1. The molecular weight excluding hydrogens is 256 g/mol. The maximum absolute atomic E-state index is 12.3. The second-order valence-electron chi connectivity index (χ2n) is 6.91. The third-order valence-corrected chi connectivity index (χ3v) is 4.72. The van der Waals surface area contributed by atoms with Crippen LogP contribution in [0.1, 0.15) is 75.8 Å². The Kier molecular flexibility index (Phi) is 5.39. The lowest BCUT2D eigenvalue weighted by atomic mass is 9.84. The van der Waals surface area contributed by atoms with Crippen LogP contribution < -0.4 is 0 Å². The number of carbonyl (C=O) groups is 1. The summed E-state index contributed by atoms with van der Waals surface area (Å²) in [5, 5.41) is 0. The van der Waals surface area contributed by atoms with Gasteiger partial charge in [0.25, 0.3) is 0 Å². The standard InChI is InChI=1S/C20H28O/c1-14(2)6-5-7-17-12-13-19(21)20(17)18-10-8-16(9-11-18)15(3)4/h8-11,15,17,20H,1,5-7,12-13H2,2-4H3. The average molecular weight is 284 g/mol. The summed E-state index contributed by atoms with van der Waals surface area (Å²) in [5.41, 5.74) is 3.82. The first-order valence-electron chi connectivity index (χ1n) is 8.26. The number of Topliss-reactive ketones (excluding diaryl/α,β-unsaturated/α-hetero) is 1. The highest BCUT2D eigenvalue weighted by molar-refractivity contribution is 5.88. The van der Waals surface area contributed by atoms with E-state index in [1.165, 1.54) is 16.7 Å². The zero-order chi connectivity index (χ0) is 15.4. The van der Waals surface area contributed by atoms with Gasteiger partial charge in [0, 0.05) is 12.3 Å². The predicted molar refractivity (Wildman–Crippen MR) is 89.7 cm³/mol. The van der Waals surface area contributed by atoms with Gasteiger partial charge in [0.1, 0.15) is 5.78 Å². The van der Waals surface area contributed by atoms with Gasteiger partial charge >= 0.3 is 0 Å². The summed E-state index contributed by atoms with van der Waals surface area (Å²) in [6.07, 6.45) is 5.21. The topological polar surface area (TPSA) is 17.1 Å². The molecule has 0 amide bonds. The zero-order valence-corrected chi connectivity index (χ0v) is 13.7. The van der Waals surface area contributed by atoms with E-state index in [1.807, 2.05) is 0 Å². The second-order valence-corrected chi connectivity index (χ2v) is 6.91. The molecule has 1 aromatic carbocycles. The van der Waals surface area contributed by atoms with E-state index in [2.05, 4.69) is 51.6 Å². The first-order chi connectivity index (χ1) is 9.99. The van der Waals surface area contributed by atoms with Crippen LogP contribution in [0.25, 0.3) is 0 Å². The van der Waals surface area contributed by atoms with Crippen molar-refractivity contribution in [3.63, 3.8) is 0 Å². The quantitative estimate of drug-likeness (QED) is 0.620. The molecule has 0 aliphatic heterocycles. The number of rotatable bonds is 6. The van der Waals surface area contributed by atoms with Crippen molar-refractivity contribution in [2.75, 3.05) is 0 Å². The monoisotopic (exact) mass is 284 g/mol. The van der Waals surface area contributed by atoms with Crippen LogP contribution in [-0.4, -0.2) is 5.78 Å². The van der Waals surface area contributed by atoms with Crippen LogP contribution >= 0.6 is 0 Å². The van der Waals surface area contributed by atoms with Gasteiger partial charge in [-0.05, 0) is 55.6 Å². The van der Waals surface area contributed by atoms with Crippen LogP contribution in [0.2, 0.25) is 0 Å². The summed E-state index contributed by atoms with van der Waals surface area (Å²) in [6, 6.07) is 8.73. The molecule has 0 aromatic heterocycles. The third kappa shape index (κ3) is 4.06. The van der Waals surface area contributed by atoms with Crippen molar-refractivity contribution in [1.29, 1.82) is 0 Å². The SMILES string of the molecule is C=C(C)CCCC1CCC(=O)C1c1ccc(C(C)C)cc1. The molecule has 1 aromatic rings. The van der Waals surface area contributed by atoms with E-state index in [-0.39, 0.29) is 5.92 Å². The van der Waals surface area contributed by atoms with Gasteiger partial charge in [-0.25, -0.2) is 0 Å². The predicted octanol–water partition coefficient (Wildman–Crippen LogP) is 5.62. The van der Waals surface area contributed by atoms with Gasteiger partial charge in [-0.15, -0.1) is 6.58 Å². The summed E-state index contributed by atoms with van der Waals surface area (Å²) in [4.78, 5) is 12.3. The summed E-state index contributed by atoms with van der Waals surface area (Å²) >= 11 is 0. The summed E-state index contributed by atoms with van der Waals surface area (Å²) in [5.74, 6) is 1.65. The minimum Gasteiger partial charge on any atom is -0.299 e. The van der Waals surface area contributed by atoms with Gasteiger partial charge < -0.3 is 0 Å². The molecule has 0 radical (unpaired) electrons. The molecule has 1 nitrogen and oxygen atoms in total. The lowest BCUT2D eigenvalue weighted by Crippen LogP contribution is -2.13. The number of hydrogen-bond donors (Lipinski definition) is 0. The van der Waals surface area contributed by atoms with E-state index < -0.39 is 0 Å². The van der Waals surface area contributed by atoms with Crippen LogP contribution in [0.3, 0.4) is 0 Å². The Morgan fingerprint density at radius 3 is 2.52 bits per heavy atom. The minimum absolute atomic E-state index is 0.135. The first-order valence-corrected chi connectivity index (χ1v) is 8.26. The van der Waals surface area contributed by atoms with E-state index in [9.17, 15) is 4.79 Å². The molecule has 2 atom stereocenters. The molecular formula is C20H28O. The Morgan fingerprint density at radius 2 is 1.95 bits per heavy atom. The molecule has 21 heavy (non-hydrogen) atoms. The van der Waals surface area contributed by atoms with E-state index in [1.54, 1.807) is 0 Å². The van der Waals surface area contributed by atoms with E-state index in [0.29, 0.717) is 17.6 Å². The fourth-order valence-corrected chi connectivity index (χ4v) is 3.44. The lowest BCUT2D eigenvalue weighted by Gasteiger charge is -2.19. The normalized spacial score (nSPS) is 22.0. The van der Waals surface area contributed by atoms with Crippen molar-refractivity contribution in [1.82, 2.24) is 0 Å². The van der Waals surface area contributed by atoms with E-state index >= 15 is 0 Å². The molecule has 2 unspecified atom stereocenters. The molecule has 2 rings (SSSR count). The lowest BCUT2D eigenvalue weighted by molar-refractivity contribution is -0.119. The van der Waals surface area contributed by atoms with Crippen molar-refractivity contribution in [2.24, 2.45) is 5.92 Å². The van der Waals surface area contributed by atoms with Crippen LogP contribution in [-0.2, 0) is 4.79 Å². The second kappa shape index (κ2) is 7.06. The van der Waals surface area contributed by atoms with Gasteiger partial charge in [0.2, 0.25) is 0 Å². The van der Waals surface area contributed by atoms with Crippen molar-refractivity contribution in [3.05, 3.63) is 47.5 Å². The summed E-state index contributed by atoms with van der Waals surface area (Å²) < 4.78 is 0. The fraction of sp³-hybridized carbons (Fsp3) is 0.550. The van der Waals surface area contributed by atoms with Crippen molar-refractivity contribution in [2.45, 2.75) is 64.7 Å². The molecule has 114 valence electrons. The van der Waals surface area contributed by atoms with Gasteiger partial charge in [-0.1, -0.05) is 43.7 Å². The maximum Gasteiger partial charge on any atom is 0.140 e. The number of carbonyl (C=O) groups excluding carboxylic acids is 1. The van der Waals surface area contributed by atoms with Crippen LogP contribution in [0, 0.1) is 5.92 Å². The number of ketones is 1. The van der Waals surface area contributed by atoms with Crippen LogP contribution in [0.4, 0.5) is 0 Å². The van der Waals surface area contributed by atoms with Gasteiger partial charge in [0.15, 0.2) is 0 Å². The molecule has 0 bridgehead atoms. The van der Waals surface area contributed by atoms with Gasteiger partial charge in [0.05, 0.1) is 0 Å². The van der Waals surface area contributed by atoms with E-state index in [4.69, 9.17) is 0 Å². The Labute approximate surface area is 129 Å². The molecule has 1 aliphatic rings. The summed E-state index contributed by atoms with van der Waals surface area (Å²) in [7, 11) is 0. The molecule has 1 fully saturated rings. The molecule has 0 heterocycles. The smallest absolute Gasteiger partial charge is 0.140 e. The minimum atomic E-state index is 0.135. The van der Waals surface area contributed by atoms with Gasteiger partial charge in [-0.3, -0.25) is 4.79 Å². The van der Waals surface area contributed by atoms with Crippen molar-refractivity contribution < 1.29 is 4.79 Å². The van der Waals surface area contributed by atoms with Gasteiger partial charge in [-0.2, -0.15) is 0 Å². The summed E-state index contributed by atoms with van der Waals surface area (Å²) in [6.45, 7) is 10.5. The molecule has 0 spiro atoms. The van der Waals surface area contributed by atoms with Crippen LogP contribution in [0.15, 0.2) is 36.4 Å². The largest absolute Gasteiger partial charge is 0.299 e. The fourth-order valence-electron chi connectivity index (χ4n) is 3.44. The third-order valence-electron chi connectivity index (χ3n) is 4.72. The zero-order valence-electron chi connectivity index (χ0n) is 13.7. The first kappa shape index (κ1) is 16.0. The highest BCUT2D eigenvalue weighted by Crippen LogP contribution is 2.40. The van der Waals surface area contributed by atoms with Crippen molar-refractivity contribution in [3.8, 4) is 0 Å². The molecule has 0 saturated heterocycles. The number of benzene rings is 1. The van der Waals surface area contributed by atoms with Crippen molar-refractivity contribution >= 4 is 5.78 Å². The molecule has 1 heteroatoms. The molecule has 1 saturated carbocycles. The Balaban J connectivity index is 2.07. The number of hydrogen-bond acceptors (Lipinski definition) is 1. The molecule has 1 aliphatic carbocycles. The Bertz CT molecular complexity index is 495. The molecule has 0 N–H and O–H groups in total. The highest BCUT2D eigenvalue weighted by atomic mass is 16.1. The Hall–Kier alpha value is -1.37. The van der Waals surface area contributed by atoms with E-state index in [0.717, 1.165) is 32.1 Å². The Morgan fingerprint density at radius 1 is 1.29 bits per heavy atom. The highest BCUT2D eigenvalue weighted by Gasteiger charge is 2.35. The maximum atomic E-state index is 12.3.